The van der Waals surface area contributed by atoms with Gasteiger partial charge in [-0.05, 0) is 34.0 Å². The van der Waals surface area contributed by atoms with E-state index in [9.17, 15) is 0 Å². The highest BCUT2D eigenvalue weighted by atomic mass is 32.1. The van der Waals surface area contributed by atoms with E-state index in [1.807, 2.05) is 84.9 Å². The Hall–Kier alpha value is -6.50. The van der Waals surface area contributed by atoms with Gasteiger partial charge in [0.1, 0.15) is 16.2 Å². The number of thiazole rings is 1. The van der Waals surface area contributed by atoms with E-state index < -0.39 is 0 Å². The lowest BCUT2D eigenvalue weighted by molar-refractivity contribution is 0.669. The van der Waals surface area contributed by atoms with Gasteiger partial charge in [-0.2, -0.15) is 0 Å². The standard InChI is InChI=1S/C44H26N4OS/c1-4-13-27(14-5-1)41-46-42(28-15-6-2-7-16-28)48-43(47-41)34-23-11-19-30-31(20-10-21-32(30)34)33-22-12-24-37-40(33)35-25-36-39(26-38(35)49-37)50-44(45-36)29-17-8-3-9-18-29/h1-26H. The van der Waals surface area contributed by atoms with E-state index >= 15 is 0 Å². The number of benzene rings is 7. The molecule has 0 unspecified atom stereocenters. The lowest BCUT2D eigenvalue weighted by atomic mass is 9.93. The molecule has 0 aliphatic rings. The summed E-state index contributed by atoms with van der Waals surface area (Å²) in [6, 6.07) is 53.9. The number of hydrogen-bond donors (Lipinski definition) is 0. The highest BCUT2D eigenvalue weighted by Gasteiger charge is 2.19. The van der Waals surface area contributed by atoms with Crippen LogP contribution in [0.15, 0.2) is 162 Å². The molecule has 0 radical (unpaired) electrons. The second-order valence-corrected chi connectivity index (χ2v) is 13.3. The van der Waals surface area contributed by atoms with E-state index in [0.717, 1.165) is 81.3 Å². The van der Waals surface area contributed by atoms with Crippen molar-refractivity contribution in [2.45, 2.75) is 0 Å². The van der Waals surface area contributed by atoms with Crippen LogP contribution < -0.4 is 0 Å². The Labute approximate surface area is 291 Å². The van der Waals surface area contributed by atoms with Crippen LogP contribution in [-0.4, -0.2) is 19.9 Å². The van der Waals surface area contributed by atoms with Crippen LogP contribution in [0.1, 0.15) is 0 Å². The Morgan fingerprint density at radius 1 is 0.400 bits per heavy atom. The van der Waals surface area contributed by atoms with E-state index in [4.69, 9.17) is 24.4 Å². The van der Waals surface area contributed by atoms with Crippen molar-refractivity contribution in [3.8, 4) is 55.9 Å². The Balaban J connectivity index is 1.16. The zero-order valence-electron chi connectivity index (χ0n) is 26.6. The molecule has 0 saturated carbocycles. The van der Waals surface area contributed by atoms with E-state index in [0.29, 0.717) is 17.5 Å². The van der Waals surface area contributed by atoms with Crippen molar-refractivity contribution in [1.82, 2.24) is 19.9 Å². The smallest absolute Gasteiger partial charge is 0.164 e. The van der Waals surface area contributed by atoms with Gasteiger partial charge in [-0.15, -0.1) is 11.3 Å². The molecular weight excluding hydrogens is 633 g/mol. The first-order valence-corrected chi connectivity index (χ1v) is 17.3. The van der Waals surface area contributed by atoms with Gasteiger partial charge < -0.3 is 4.42 Å². The Morgan fingerprint density at radius 2 is 0.960 bits per heavy atom. The average Bonchev–Trinajstić information content (AvgIpc) is 3.78. The van der Waals surface area contributed by atoms with Gasteiger partial charge in [0.05, 0.1) is 10.2 Å². The van der Waals surface area contributed by atoms with Crippen LogP contribution in [0, 0.1) is 0 Å². The summed E-state index contributed by atoms with van der Waals surface area (Å²) in [6.45, 7) is 0. The molecule has 0 aliphatic heterocycles. The molecule has 10 rings (SSSR count). The van der Waals surface area contributed by atoms with E-state index in [2.05, 4.69) is 72.8 Å². The van der Waals surface area contributed by atoms with E-state index in [1.165, 1.54) is 0 Å². The van der Waals surface area contributed by atoms with Crippen LogP contribution in [0.2, 0.25) is 0 Å². The van der Waals surface area contributed by atoms with Crippen LogP contribution in [0.5, 0.6) is 0 Å². The second kappa shape index (κ2) is 11.6. The first-order chi connectivity index (χ1) is 24.8. The molecule has 0 fully saturated rings. The molecule has 0 amide bonds. The number of aromatic nitrogens is 4. The minimum Gasteiger partial charge on any atom is -0.456 e. The number of nitrogens with zero attached hydrogens (tertiary/aromatic N) is 4. The third kappa shape index (κ3) is 4.77. The third-order valence-corrected chi connectivity index (χ3v) is 10.2. The maximum atomic E-state index is 6.51. The lowest BCUT2D eigenvalue weighted by Gasteiger charge is -2.13. The average molecular weight is 659 g/mol. The molecule has 0 saturated heterocycles. The predicted molar refractivity (Wildman–Crippen MR) is 205 cm³/mol. The minimum absolute atomic E-state index is 0.632. The lowest BCUT2D eigenvalue weighted by Crippen LogP contribution is -2.00. The molecule has 7 aromatic carbocycles. The molecule has 3 heterocycles. The highest BCUT2D eigenvalue weighted by molar-refractivity contribution is 7.21. The fraction of sp³-hybridized carbons (Fsp3) is 0. The summed E-state index contributed by atoms with van der Waals surface area (Å²) < 4.78 is 7.61. The monoisotopic (exact) mass is 658 g/mol. The van der Waals surface area contributed by atoms with Crippen molar-refractivity contribution >= 4 is 54.3 Å². The number of hydrogen-bond acceptors (Lipinski definition) is 6. The molecular formula is C44H26N4OS. The van der Waals surface area contributed by atoms with Crippen molar-refractivity contribution in [1.29, 1.82) is 0 Å². The molecule has 5 nitrogen and oxygen atoms in total. The Bertz CT molecular complexity index is 2810. The first-order valence-electron chi connectivity index (χ1n) is 16.5. The topological polar surface area (TPSA) is 64.7 Å². The van der Waals surface area contributed by atoms with Crippen molar-refractivity contribution in [3.05, 3.63) is 158 Å². The number of rotatable bonds is 5. The van der Waals surface area contributed by atoms with Crippen LogP contribution in [0.3, 0.4) is 0 Å². The summed E-state index contributed by atoms with van der Waals surface area (Å²) in [5.41, 5.74) is 8.85. The molecule has 3 aromatic heterocycles. The maximum absolute atomic E-state index is 6.51. The van der Waals surface area contributed by atoms with Gasteiger partial charge in [0.2, 0.25) is 0 Å². The van der Waals surface area contributed by atoms with Gasteiger partial charge in [-0.1, -0.05) is 140 Å². The number of furan rings is 1. The van der Waals surface area contributed by atoms with Crippen molar-refractivity contribution in [2.75, 3.05) is 0 Å². The maximum Gasteiger partial charge on any atom is 0.164 e. The van der Waals surface area contributed by atoms with Gasteiger partial charge in [0, 0.05) is 39.1 Å². The summed E-state index contributed by atoms with van der Waals surface area (Å²) in [4.78, 5) is 20.0. The van der Waals surface area contributed by atoms with Gasteiger partial charge in [0.15, 0.2) is 17.5 Å². The van der Waals surface area contributed by atoms with Crippen LogP contribution >= 0.6 is 11.3 Å². The predicted octanol–water partition coefficient (Wildman–Crippen LogP) is 11.9. The molecule has 0 N–H and O–H groups in total. The molecule has 0 bridgehead atoms. The normalized spacial score (nSPS) is 11.6. The molecule has 6 heteroatoms. The van der Waals surface area contributed by atoms with E-state index in [-0.39, 0.29) is 0 Å². The second-order valence-electron chi connectivity index (χ2n) is 12.2. The summed E-state index contributed by atoms with van der Waals surface area (Å²) >= 11 is 1.69. The van der Waals surface area contributed by atoms with Crippen LogP contribution in [0.25, 0.3) is 98.8 Å². The molecule has 234 valence electrons. The van der Waals surface area contributed by atoms with Crippen molar-refractivity contribution in [3.63, 3.8) is 0 Å². The Morgan fingerprint density at radius 3 is 1.64 bits per heavy atom. The SMILES string of the molecule is c1ccc(-c2nc(-c3ccccc3)nc(-c3cccc4c(-c5cccc6oc7cc8sc(-c9ccccc9)nc8cc7c56)cccc34)n2)cc1. The zero-order valence-corrected chi connectivity index (χ0v) is 27.4. The van der Waals surface area contributed by atoms with Gasteiger partial charge >= 0.3 is 0 Å². The molecule has 50 heavy (non-hydrogen) atoms. The van der Waals surface area contributed by atoms with Gasteiger partial charge in [-0.25, -0.2) is 19.9 Å². The molecule has 0 atom stereocenters. The highest BCUT2D eigenvalue weighted by Crippen LogP contribution is 2.43. The fourth-order valence-electron chi connectivity index (χ4n) is 6.85. The first kappa shape index (κ1) is 28.5. The molecule has 0 spiro atoms. The van der Waals surface area contributed by atoms with Crippen LogP contribution in [0.4, 0.5) is 0 Å². The summed E-state index contributed by atoms with van der Waals surface area (Å²) in [5, 5.41) is 5.31. The zero-order chi connectivity index (χ0) is 33.0. The number of fused-ring (bicyclic) bond motifs is 5. The van der Waals surface area contributed by atoms with E-state index in [1.54, 1.807) is 11.3 Å². The summed E-state index contributed by atoms with van der Waals surface area (Å²) in [6.07, 6.45) is 0. The molecule has 10 aromatic rings. The Kier molecular flexibility index (Phi) is 6.60. The third-order valence-electron chi connectivity index (χ3n) is 9.18. The van der Waals surface area contributed by atoms with Gasteiger partial charge in [0.25, 0.3) is 0 Å². The summed E-state index contributed by atoms with van der Waals surface area (Å²) in [5.74, 6) is 1.91. The largest absolute Gasteiger partial charge is 0.456 e. The van der Waals surface area contributed by atoms with Crippen molar-refractivity contribution < 1.29 is 4.42 Å². The fourth-order valence-corrected chi connectivity index (χ4v) is 7.83. The molecule has 0 aliphatic carbocycles. The summed E-state index contributed by atoms with van der Waals surface area (Å²) in [7, 11) is 0. The van der Waals surface area contributed by atoms with Crippen molar-refractivity contribution in [2.24, 2.45) is 0 Å². The minimum atomic E-state index is 0.632. The van der Waals surface area contributed by atoms with Gasteiger partial charge in [-0.3, -0.25) is 0 Å². The quantitative estimate of drug-likeness (QED) is 0.184. The van der Waals surface area contributed by atoms with Crippen LogP contribution in [-0.2, 0) is 0 Å².